The first kappa shape index (κ1) is 22.5. The summed E-state index contributed by atoms with van der Waals surface area (Å²) in [5.41, 5.74) is 2.61. The molecule has 6 heteroatoms. The minimum absolute atomic E-state index is 0.00649. The Hall–Kier alpha value is -3.15. The second kappa shape index (κ2) is 9.77. The topological polar surface area (TPSA) is 78.5 Å². The summed E-state index contributed by atoms with van der Waals surface area (Å²) in [6, 6.07) is 16.8. The Morgan fingerprint density at radius 2 is 1.55 bits per heavy atom. The second-order valence-electron chi connectivity index (χ2n) is 9.02. The van der Waals surface area contributed by atoms with Gasteiger partial charge in [-0.1, -0.05) is 51.1 Å². The Morgan fingerprint density at radius 1 is 0.935 bits per heavy atom. The molecule has 1 aliphatic heterocycles. The van der Waals surface area contributed by atoms with E-state index in [0.29, 0.717) is 31.5 Å². The average molecular weight is 422 g/mol. The Kier molecular flexibility index (Phi) is 7.10. The summed E-state index contributed by atoms with van der Waals surface area (Å²) in [6.07, 6.45) is 1.23. The molecule has 1 saturated heterocycles. The van der Waals surface area contributed by atoms with E-state index in [1.54, 1.807) is 29.2 Å². The van der Waals surface area contributed by atoms with Crippen molar-refractivity contribution in [2.24, 2.45) is 5.92 Å². The Balaban J connectivity index is 1.43. The van der Waals surface area contributed by atoms with Gasteiger partial charge in [-0.05, 0) is 48.1 Å². The predicted octanol–water partition coefficient (Wildman–Crippen LogP) is 3.59. The average Bonchev–Trinajstić information content (AvgIpc) is 2.77. The number of carbonyl (C=O) groups is 3. The minimum Gasteiger partial charge on any atom is -0.343 e. The van der Waals surface area contributed by atoms with Gasteiger partial charge in [-0.2, -0.15) is 0 Å². The van der Waals surface area contributed by atoms with Gasteiger partial charge in [0.05, 0.1) is 6.54 Å². The van der Waals surface area contributed by atoms with E-state index in [2.05, 4.69) is 31.4 Å². The maximum atomic E-state index is 12.6. The zero-order chi connectivity index (χ0) is 22.4. The van der Waals surface area contributed by atoms with Gasteiger partial charge in [-0.25, -0.2) is 0 Å². The molecule has 0 bridgehead atoms. The predicted molar refractivity (Wildman–Crippen MR) is 122 cm³/mol. The molecule has 3 rings (SSSR count). The van der Waals surface area contributed by atoms with E-state index in [9.17, 15) is 14.4 Å². The Labute approximate surface area is 184 Å². The van der Waals surface area contributed by atoms with Crippen LogP contribution in [-0.4, -0.2) is 42.3 Å². The van der Waals surface area contributed by atoms with Crippen LogP contribution in [0.25, 0.3) is 0 Å². The van der Waals surface area contributed by atoms with Crippen molar-refractivity contribution in [2.45, 2.75) is 39.0 Å². The molecule has 0 saturated carbocycles. The first-order valence-electron chi connectivity index (χ1n) is 10.8. The van der Waals surface area contributed by atoms with Crippen LogP contribution in [0.3, 0.4) is 0 Å². The summed E-state index contributed by atoms with van der Waals surface area (Å²) in [5, 5.41) is 5.66. The number of hydrogen-bond acceptors (Lipinski definition) is 3. The molecule has 0 aliphatic carbocycles. The molecule has 3 amide bonds. The van der Waals surface area contributed by atoms with Gasteiger partial charge in [-0.3, -0.25) is 14.4 Å². The number of hydrogen-bond donors (Lipinski definition) is 2. The van der Waals surface area contributed by atoms with Crippen LogP contribution in [-0.2, 0) is 15.0 Å². The molecular weight excluding hydrogens is 390 g/mol. The van der Waals surface area contributed by atoms with Gasteiger partial charge in [0.1, 0.15) is 0 Å². The third-order valence-corrected chi connectivity index (χ3v) is 5.67. The van der Waals surface area contributed by atoms with Gasteiger partial charge in [0.15, 0.2) is 0 Å². The molecule has 0 atom stereocenters. The summed E-state index contributed by atoms with van der Waals surface area (Å²) in [7, 11) is 0. The van der Waals surface area contributed by atoms with Gasteiger partial charge in [0, 0.05) is 30.3 Å². The lowest BCUT2D eigenvalue weighted by Crippen LogP contribution is -2.45. The van der Waals surface area contributed by atoms with Crippen molar-refractivity contribution in [3.05, 3.63) is 65.7 Å². The van der Waals surface area contributed by atoms with E-state index < -0.39 is 0 Å². The summed E-state index contributed by atoms with van der Waals surface area (Å²) >= 11 is 0. The first-order chi connectivity index (χ1) is 14.7. The fourth-order valence-electron chi connectivity index (χ4n) is 3.65. The van der Waals surface area contributed by atoms with Gasteiger partial charge in [-0.15, -0.1) is 0 Å². The fourth-order valence-corrected chi connectivity index (χ4v) is 3.65. The van der Waals surface area contributed by atoms with E-state index in [1.165, 1.54) is 5.56 Å². The highest BCUT2D eigenvalue weighted by Gasteiger charge is 2.27. The number of rotatable bonds is 5. The number of piperidine rings is 1. The van der Waals surface area contributed by atoms with Crippen molar-refractivity contribution in [3.63, 3.8) is 0 Å². The van der Waals surface area contributed by atoms with Crippen molar-refractivity contribution in [1.82, 2.24) is 10.2 Å². The third kappa shape index (κ3) is 6.17. The smallest absolute Gasteiger partial charge is 0.251 e. The molecule has 0 spiro atoms. The molecule has 1 aliphatic rings. The molecule has 2 N–H and O–H groups in total. The number of likely N-dealkylation sites (tertiary alicyclic amines) is 1. The van der Waals surface area contributed by atoms with Gasteiger partial charge in [0.2, 0.25) is 11.8 Å². The van der Waals surface area contributed by atoms with Crippen LogP contribution >= 0.6 is 0 Å². The number of benzene rings is 2. The summed E-state index contributed by atoms with van der Waals surface area (Å²) < 4.78 is 0. The van der Waals surface area contributed by atoms with Crippen molar-refractivity contribution in [1.29, 1.82) is 0 Å². The minimum atomic E-state index is -0.263. The van der Waals surface area contributed by atoms with Crippen molar-refractivity contribution < 1.29 is 14.4 Å². The van der Waals surface area contributed by atoms with Gasteiger partial charge < -0.3 is 15.5 Å². The monoisotopic (exact) mass is 421 g/mol. The van der Waals surface area contributed by atoms with Crippen molar-refractivity contribution in [2.75, 3.05) is 25.0 Å². The molecule has 164 valence electrons. The normalized spacial score (nSPS) is 14.7. The van der Waals surface area contributed by atoms with Crippen LogP contribution in [0.5, 0.6) is 0 Å². The van der Waals surface area contributed by atoms with E-state index in [1.807, 2.05) is 30.3 Å². The number of carbonyl (C=O) groups excluding carboxylic acids is 3. The number of anilines is 1. The van der Waals surface area contributed by atoms with Gasteiger partial charge >= 0.3 is 0 Å². The molecular formula is C25H31N3O3. The molecule has 2 aromatic carbocycles. The Morgan fingerprint density at radius 3 is 2.13 bits per heavy atom. The fraction of sp³-hybridized carbons (Fsp3) is 0.400. The number of nitrogens with zero attached hydrogens (tertiary/aromatic N) is 1. The molecule has 2 aromatic rings. The lowest BCUT2D eigenvalue weighted by atomic mass is 9.87. The third-order valence-electron chi connectivity index (χ3n) is 5.67. The number of amides is 3. The first-order valence-corrected chi connectivity index (χ1v) is 10.8. The largest absolute Gasteiger partial charge is 0.343 e. The maximum absolute atomic E-state index is 12.6. The van der Waals surface area contributed by atoms with Crippen molar-refractivity contribution >= 4 is 23.4 Å². The Bertz CT molecular complexity index is 909. The molecule has 1 fully saturated rings. The molecule has 31 heavy (non-hydrogen) atoms. The maximum Gasteiger partial charge on any atom is 0.251 e. The standard InChI is InChI=1S/C25H31N3O3/c1-25(2,3)20-9-11-21(12-10-20)27-24(31)19-13-15-28(16-14-19)22(29)17-26-23(30)18-7-5-4-6-8-18/h4-12,19H,13-17H2,1-3H3,(H,26,30)(H,27,31). The van der Waals surface area contributed by atoms with E-state index in [0.717, 1.165) is 5.69 Å². The van der Waals surface area contributed by atoms with Crippen LogP contribution in [0.1, 0.15) is 49.5 Å². The zero-order valence-corrected chi connectivity index (χ0v) is 18.5. The molecule has 6 nitrogen and oxygen atoms in total. The highest BCUT2D eigenvalue weighted by molar-refractivity contribution is 5.96. The van der Waals surface area contributed by atoms with Crippen LogP contribution in [0.2, 0.25) is 0 Å². The van der Waals surface area contributed by atoms with E-state index in [-0.39, 0.29) is 35.6 Å². The zero-order valence-electron chi connectivity index (χ0n) is 18.5. The number of nitrogens with one attached hydrogen (secondary N) is 2. The molecule has 1 heterocycles. The summed E-state index contributed by atoms with van der Waals surface area (Å²) in [5.74, 6) is -0.514. The molecule has 0 aromatic heterocycles. The lowest BCUT2D eigenvalue weighted by Gasteiger charge is -2.31. The van der Waals surface area contributed by atoms with E-state index in [4.69, 9.17) is 0 Å². The van der Waals surface area contributed by atoms with Crippen LogP contribution in [0.15, 0.2) is 54.6 Å². The summed E-state index contributed by atoms with van der Waals surface area (Å²) in [4.78, 5) is 38.9. The molecule has 0 unspecified atom stereocenters. The van der Waals surface area contributed by atoms with Crippen molar-refractivity contribution in [3.8, 4) is 0 Å². The van der Waals surface area contributed by atoms with Crippen LogP contribution in [0.4, 0.5) is 5.69 Å². The van der Waals surface area contributed by atoms with Gasteiger partial charge in [0.25, 0.3) is 5.91 Å². The summed E-state index contributed by atoms with van der Waals surface area (Å²) in [6.45, 7) is 7.46. The quantitative estimate of drug-likeness (QED) is 0.774. The van der Waals surface area contributed by atoms with Crippen LogP contribution < -0.4 is 10.6 Å². The lowest BCUT2D eigenvalue weighted by molar-refractivity contribution is -0.133. The SMILES string of the molecule is CC(C)(C)c1ccc(NC(=O)C2CCN(C(=O)CNC(=O)c3ccccc3)CC2)cc1. The highest BCUT2D eigenvalue weighted by Crippen LogP contribution is 2.24. The molecule has 0 radical (unpaired) electrons. The second-order valence-corrected chi connectivity index (χ2v) is 9.02. The van der Waals surface area contributed by atoms with E-state index >= 15 is 0 Å². The van der Waals surface area contributed by atoms with Crippen LogP contribution in [0, 0.1) is 5.92 Å². The highest BCUT2D eigenvalue weighted by atomic mass is 16.2.